The summed E-state index contributed by atoms with van der Waals surface area (Å²) < 4.78 is 28.0. The SMILES string of the molecule is CC1(C)CCC(COc2cccc(-c3cn(C4CC(CN5CCC(F)CC5)C4)c4ncnc(N)c34)c2)O1. The van der Waals surface area contributed by atoms with Crippen LogP contribution in [0, 0.1) is 5.92 Å². The van der Waals surface area contributed by atoms with Crippen molar-refractivity contribution in [1.29, 1.82) is 0 Å². The standard InChI is InChI=1S/C29H38FN5O2/c1-29(2)9-6-24(37-29)17-36-23-5-3-4-20(14-23)25-16-35(28-26(25)27(31)32-18-33-28)22-12-19(13-22)15-34-10-7-21(30)8-11-34/h3-5,14,16,18-19,21-22,24H,6-13,15,17H2,1-2H3,(H2,31,32,33). The zero-order chi connectivity index (χ0) is 25.6. The van der Waals surface area contributed by atoms with Crippen molar-refractivity contribution in [3.8, 4) is 16.9 Å². The number of alkyl halides is 1. The zero-order valence-electron chi connectivity index (χ0n) is 21.9. The molecule has 2 aromatic heterocycles. The number of ether oxygens (including phenoxy) is 2. The second-order valence-electron chi connectivity index (χ2n) is 11.8. The monoisotopic (exact) mass is 507 g/mol. The van der Waals surface area contributed by atoms with E-state index in [4.69, 9.17) is 15.2 Å². The molecule has 2 aliphatic heterocycles. The van der Waals surface area contributed by atoms with Gasteiger partial charge in [0.1, 0.15) is 36.3 Å². The minimum absolute atomic E-state index is 0.0685. The van der Waals surface area contributed by atoms with Crippen LogP contribution < -0.4 is 10.5 Å². The van der Waals surface area contributed by atoms with Gasteiger partial charge in [-0.3, -0.25) is 0 Å². The number of aromatic nitrogens is 3. The summed E-state index contributed by atoms with van der Waals surface area (Å²) in [4.78, 5) is 11.4. The van der Waals surface area contributed by atoms with Crippen molar-refractivity contribution in [3.05, 3.63) is 36.8 Å². The van der Waals surface area contributed by atoms with Crippen molar-refractivity contribution in [2.75, 3.05) is 32.0 Å². The number of hydrogen-bond donors (Lipinski definition) is 1. The van der Waals surface area contributed by atoms with E-state index >= 15 is 0 Å². The van der Waals surface area contributed by atoms with Crippen molar-refractivity contribution < 1.29 is 13.9 Å². The average molecular weight is 508 g/mol. The van der Waals surface area contributed by atoms with E-state index in [9.17, 15) is 4.39 Å². The van der Waals surface area contributed by atoms with Crippen LogP contribution in [0.25, 0.3) is 22.2 Å². The summed E-state index contributed by atoms with van der Waals surface area (Å²) in [5.74, 6) is 1.96. The maximum absolute atomic E-state index is 13.5. The normalized spacial score (nSPS) is 26.4. The van der Waals surface area contributed by atoms with Gasteiger partial charge in [-0.15, -0.1) is 0 Å². The summed E-state index contributed by atoms with van der Waals surface area (Å²) >= 11 is 0. The van der Waals surface area contributed by atoms with Gasteiger partial charge in [0.25, 0.3) is 0 Å². The number of likely N-dealkylation sites (tertiary alicyclic amines) is 1. The van der Waals surface area contributed by atoms with Crippen molar-refractivity contribution in [3.63, 3.8) is 0 Å². The van der Waals surface area contributed by atoms with E-state index in [0.717, 1.165) is 73.2 Å². The molecule has 6 rings (SSSR count). The third-order valence-electron chi connectivity index (χ3n) is 8.41. The predicted molar refractivity (Wildman–Crippen MR) is 143 cm³/mol. The highest BCUT2D eigenvalue weighted by molar-refractivity contribution is 6.00. The number of benzene rings is 1. The highest BCUT2D eigenvalue weighted by atomic mass is 19.1. The topological polar surface area (TPSA) is 78.4 Å². The summed E-state index contributed by atoms with van der Waals surface area (Å²) in [5.41, 5.74) is 9.28. The van der Waals surface area contributed by atoms with Crippen molar-refractivity contribution in [2.45, 2.75) is 76.3 Å². The fourth-order valence-electron chi connectivity index (χ4n) is 6.27. The number of halogens is 1. The lowest BCUT2D eigenvalue weighted by Crippen LogP contribution is -2.41. The van der Waals surface area contributed by atoms with Crippen LogP contribution in [0.3, 0.4) is 0 Å². The fraction of sp³-hybridized carbons (Fsp3) is 0.586. The van der Waals surface area contributed by atoms with Gasteiger partial charge < -0.3 is 24.7 Å². The molecule has 4 heterocycles. The number of hydrogen-bond acceptors (Lipinski definition) is 6. The van der Waals surface area contributed by atoms with E-state index in [-0.39, 0.29) is 11.7 Å². The number of nitrogens with two attached hydrogens (primary N) is 1. The van der Waals surface area contributed by atoms with Crippen LogP contribution >= 0.6 is 0 Å². The first-order valence-corrected chi connectivity index (χ1v) is 13.7. The van der Waals surface area contributed by atoms with E-state index in [1.54, 1.807) is 6.33 Å². The zero-order valence-corrected chi connectivity index (χ0v) is 21.9. The highest BCUT2D eigenvalue weighted by Gasteiger charge is 2.35. The highest BCUT2D eigenvalue weighted by Crippen LogP contribution is 2.43. The largest absolute Gasteiger partial charge is 0.491 e. The van der Waals surface area contributed by atoms with E-state index in [1.165, 1.54) is 0 Å². The van der Waals surface area contributed by atoms with Crippen LogP contribution in [-0.2, 0) is 4.74 Å². The van der Waals surface area contributed by atoms with E-state index in [0.29, 0.717) is 37.2 Å². The molecular weight excluding hydrogens is 469 g/mol. The number of rotatable bonds is 7. The fourth-order valence-corrected chi connectivity index (χ4v) is 6.27. The Kier molecular flexibility index (Phi) is 6.57. The molecule has 1 aliphatic carbocycles. The van der Waals surface area contributed by atoms with E-state index < -0.39 is 6.17 Å². The molecule has 2 N–H and O–H groups in total. The van der Waals surface area contributed by atoms with Gasteiger partial charge in [0.15, 0.2) is 0 Å². The Morgan fingerprint density at radius 1 is 1.16 bits per heavy atom. The summed E-state index contributed by atoms with van der Waals surface area (Å²) in [5, 5.41) is 0.897. The van der Waals surface area contributed by atoms with Gasteiger partial charge in [-0.1, -0.05) is 12.1 Å². The lowest BCUT2D eigenvalue weighted by atomic mass is 9.79. The van der Waals surface area contributed by atoms with Crippen LogP contribution in [0.2, 0.25) is 0 Å². The van der Waals surface area contributed by atoms with Crippen LogP contribution in [-0.4, -0.2) is 63.6 Å². The molecule has 1 atom stereocenters. The molecule has 198 valence electrons. The molecule has 3 aliphatic rings. The Morgan fingerprint density at radius 3 is 2.73 bits per heavy atom. The Labute approximate surface area is 218 Å². The molecule has 1 saturated carbocycles. The van der Waals surface area contributed by atoms with Gasteiger partial charge in [-0.25, -0.2) is 14.4 Å². The summed E-state index contributed by atoms with van der Waals surface area (Å²) in [6.07, 6.45) is 8.87. The van der Waals surface area contributed by atoms with Crippen LogP contribution in [0.1, 0.15) is 58.4 Å². The van der Waals surface area contributed by atoms with Crippen molar-refractivity contribution in [2.24, 2.45) is 5.92 Å². The second-order valence-corrected chi connectivity index (χ2v) is 11.8. The number of piperidine rings is 1. The molecule has 1 unspecified atom stereocenters. The Morgan fingerprint density at radius 2 is 1.97 bits per heavy atom. The predicted octanol–water partition coefficient (Wildman–Crippen LogP) is 5.40. The first-order chi connectivity index (χ1) is 17.8. The molecule has 0 bridgehead atoms. The molecule has 0 spiro atoms. The Hall–Kier alpha value is -2.71. The van der Waals surface area contributed by atoms with Gasteiger partial charge in [0.2, 0.25) is 0 Å². The van der Waals surface area contributed by atoms with Gasteiger partial charge in [-0.05, 0) is 76.0 Å². The molecule has 8 heteroatoms. The van der Waals surface area contributed by atoms with Crippen molar-refractivity contribution in [1.82, 2.24) is 19.4 Å². The lowest BCUT2D eigenvalue weighted by Gasteiger charge is -2.40. The molecular formula is C29H38FN5O2. The molecule has 0 amide bonds. The molecule has 1 aromatic carbocycles. The Bertz CT molecular complexity index is 1250. The number of nitrogens with zero attached hydrogens (tertiary/aromatic N) is 4. The van der Waals surface area contributed by atoms with Gasteiger partial charge in [0.05, 0.1) is 17.1 Å². The van der Waals surface area contributed by atoms with Gasteiger partial charge in [0, 0.05) is 37.4 Å². The third kappa shape index (κ3) is 5.18. The van der Waals surface area contributed by atoms with E-state index in [2.05, 4.69) is 51.6 Å². The van der Waals surface area contributed by atoms with Gasteiger partial charge >= 0.3 is 0 Å². The minimum Gasteiger partial charge on any atom is -0.491 e. The molecule has 0 radical (unpaired) electrons. The van der Waals surface area contributed by atoms with Crippen molar-refractivity contribution >= 4 is 16.9 Å². The number of fused-ring (bicyclic) bond motifs is 1. The lowest BCUT2D eigenvalue weighted by molar-refractivity contribution is -0.0326. The summed E-state index contributed by atoms with van der Waals surface area (Å²) in [7, 11) is 0. The molecule has 37 heavy (non-hydrogen) atoms. The first kappa shape index (κ1) is 24.6. The van der Waals surface area contributed by atoms with Crippen LogP contribution in [0.5, 0.6) is 5.75 Å². The van der Waals surface area contributed by atoms with Gasteiger partial charge in [-0.2, -0.15) is 0 Å². The smallest absolute Gasteiger partial charge is 0.146 e. The Balaban J connectivity index is 1.18. The maximum atomic E-state index is 13.5. The molecule has 2 saturated heterocycles. The van der Waals surface area contributed by atoms with Crippen LogP contribution in [0.15, 0.2) is 36.8 Å². The molecule has 3 fully saturated rings. The third-order valence-corrected chi connectivity index (χ3v) is 8.41. The quantitative estimate of drug-likeness (QED) is 0.461. The molecule has 7 nitrogen and oxygen atoms in total. The summed E-state index contributed by atoms with van der Waals surface area (Å²) in [6, 6.07) is 8.56. The number of anilines is 1. The second kappa shape index (κ2) is 9.87. The summed E-state index contributed by atoms with van der Waals surface area (Å²) in [6.45, 7) is 7.64. The average Bonchev–Trinajstić information content (AvgIpc) is 3.42. The maximum Gasteiger partial charge on any atom is 0.146 e. The van der Waals surface area contributed by atoms with E-state index in [1.807, 2.05) is 12.1 Å². The molecule has 3 aromatic rings. The first-order valence-electron chi connectivity index (χ1n) is 13.7. The number of nitrogen functional groups attached to an aromatic ring is 1. The minimum atomic E-state index is -0.618. The van der Waals surface area contributed by atoms with Crippen LogP contribution in [0.4, 0.5) is 10.2 Å².